The molecule has 2 N–H and O–H groups in total. The van der Waals surface area contributed by atoms with Crippen molar-refractivity contribution in [1.82, 2.24) is 15.5 Å². The molecule has 1 aliphatic rings. The summed E-state index contributed by atoms with van der Waals surface area (Å²) in [7, 11) is 1.68. The van der Waals surface area contributed by atoms with Gasteiger partial charge in [-0.2, -0.15) is 0 Å². The summed E-state index contributed by atoms with van der Waals surface area (Å²) < 4.78 is 0. The topological polar surface area (TPSA) is 61.4 Å². The summed E-state index contributed by atoms with van der Waals surface area (Å²) in [6, 6.07) is 0.593. The quantitative estimate of drug-likeness (QED) is 0.765. The van der Waals surface area contributed by atoms with Gasteiger partial charge in [0.2, 0.25) is 11.8 Å². The maximum atomic E-state index is 11.8. The van der Waals surface area contributed by atoms with Crippen molar-refractivity contribution in [3.63, 3.8) is 0 Å². The van der Waals surface area contributed by atoms with Crippen LogP contribution in [0, 0.1) is 0 Å². The molecular formula is C13H26ClN3O2. The average molecular weight is 292 g/mol. The molecule has 112 valence electrons. The van der Waals surface area contributed by atoms with E-state index in [4.69, 9.17) is 0 Å². The SMILES string of the molecule is CC(C)NC(=O)CN(C)C(=O)CCC1CCCN1.Cl. The first-order valence-electron chi connectivity index (χ1n) is 6.75. The fourth-order valence-corrected chi connectivity index (χ4v) is 2.16. The van der Waals surface area contributed by atoms with Gasteiger partial charge in [-0.1, -0.05) is 0 Å². The normalized spacial score (nSPS) is 18.0. The van der Waals surface area contributed by atoms with E-state index in [2.05, 4.69) is 10.6 Å². The second kappa shape index (κ2) is 9.15. The Hall–Kier alpha value is -0.810. The van der Waals surface area contributed by atoms with E-state index in [1.54, 1.807) is 7.05 Å². The number of likely N-dealkylation sites (N-methyl/N-ethyl adjacent to an activating group) is 1. The van der Waals surface area contributed by atoms with E-state index < -0.39 is 0 Å². The highest BCUT2D eigenvalue weighted by molar-refractivity contribution is 5.85. The lowest BCUT2D eigenvalue weighted by Gasteiger charge is -2.19. The standard InChI is InChI=1S/C13H25N3O2.ClH/c1-10(2)15-12(17)9-16(3)13(18)7-6-11-5-4-8-14-11;/h10-11,14H,4-9H2,1-3H3,(H,15,17);1H. The highest BCUT2D eigenvalue weighted by Crippen LogP contribution is 2.11. The van der Waals surface area contributed by atoms with Crippen molar-refractivity contribution in [2.24, 2.45) is 0 Å². The Labute approximate surface area is 121 Å². The van der Waals surface area contributed by atoms with Crippen molar-refractivity contribution in [2.45, 2.75) is 51.6 Å². The number of carbonyl (C=O) groups is 2. The van der Waals surface area contributed by atoms with Gasteiger partial charge < -0.3 is 15.5 Å². The van der Waals surface area contributed by atoms with E-state index in [0.717, 1.165) is 19.4 Å². The Morgan fingerprint density at radius 2 is 2.11 bits per heavy atom. The summed E-state index contributed by atoms with van der Waals surface area (Å²) in [5.74, 6) is -0.0533. The van der Waals surface area contributed by atoms with Crippen molar-refractivity contribution in [2.75, 3.05) is 20.1 Å². The lowest BCUT2D eigenvalue weighted by Crippen LogP contribution is -2.41. The van der Waals surface area contributed by atoms with E-state index in [0.29, 0.717) is 12.5 Å². The molecule has 2 amide bonds. The molecule has 0 aromatic carbocycles. The van der Waals surface area contributed by atoms with Gasteiger partial charge in [0.1, 0.15) is 0 Å². The van der Waals surface area contributed by atoms with Gasteiger partial charge in [0, 0.05) is 25.6 Å². The van der Waals surface area contributed by atoms with Crippen LogP contribution in [-0.4, -0.2) is 48.9 Å². The molecular weight excluding hydrogens is 266 g/mol. The lowest BCUT2D eigenvalue weighted by molar-refractivity contribution is -0.135. The summed E-state index contributed by atoms with van der Waals surface area (Å²) in [6.07, 6.45) is 3.74. The molecule has 0 spiro atoms. The zero-order valence-corrected chi connectivity index (χ0v) is 12.9. The molecule has 1 aliphatic heterocycles. The smallest absolute Gasteiger partial charge is 0.239 e. The molecule has 0 aromatic heterocycles. The van der Waals surface area contributed by atoms with Crippen LogP contribution in [0.25, 0.3) is 0 Å². The highest BCUT2D eigenvalue weighted by Gasteiger charge is 2.18. The molecule has 1 atom stereocenters. The summed E-state index contributed by atoms with van der Waals surface area (Å²) >= 11 is 0. The summed E-state index contributed by atoms with van der Waals surface area (Å²) in [5, 5.41) is 6.15. The molecule has 1 heterocycles. The number of amides is 2. The maximum absolute atomic E-state index is 11.8. The molecule has 1 fully saturated rings. The van der Waals surface area contributed by atoms with Gasteiger partial charge in [-0.3, -0.25) is 9.59 Å². The van der Waals surface area contributed by atoms with Crippen LogP contribution in [0.4, 0.5) is 0 Å². The number of hydrogen-bond donors (Lipinski definition) is 2. The highest BCUT2D eigenvalue weighted by atomic mass is 35.5. The van der Waals surface area contributed by atoms with Gasteiger partial charge in [0.05, 0.1) is 6.54 Å². The third-order valence-electron chi connectivity index (χ3n) is 3.13. The van der Waals surface area contributed by atoms with E-state index >= 15 is 0 Å². The minimum Gasteiger partial charge on any atom is -0.352 e. The number of carbonyl (C=O) groups excluding carboxylic acids is 2. The zero-order chi connectivity index (χ0) is 13.5. The minimum absolute atomic E-state index is 0. The summed E-state index contributed by atoms with van der Waals surface area (Å²) in [4.78, 5) is 24.9. The van der Waals surface area contributed by atoms with Gasteiger partial charge in [-0.25, -0.2) is 0 Å². The van der Waals surface area contributed by atoms with E-state index in [-0.39, 0.29) is 36.8 Å². The Kier molecular flexibility index (Phi) is 8.76. The van der Waals surface area contributed by atoms with Crippen molar-refractivity contribution < 1.29 is 9.59 Å². The van der Waals surface area contributed by atoms with Crippen LogP contribution < -0.4 is 10.6 Å². The minimum atomic E-state index is -0.0974. The van der Waals surface area contributed by atoms with Crippen LogP contribution in [0.1, 0.15) is 39.5 Å². The molecule has 0 radical (unpaired) electrons. The monoisotopic (exact) mass is 291 g/mol. The van der Waals surface area contributed by atoms with Gasteiger partial charge >= 0.3 is 0 Å². The van der Waals surface area contributed by atoms with Crippen LogP contribution in [0.2, 0.25) is 0 Å². The molecule has 5 nitrogen and oxygen atoms in total. The Bertz CT molecular complexity index is 292. The average Bonchev–Trinajstić information content (AvgIpc) is 2.77. The second-order valence-corrected chi connectivity index (χ2v) is 5.30. The van der Waals surface area contributed by atoms with Gasteiger partial charge in [0.15, 0.2) is 0 Å². The summed E-state index contributed by atoms with van der Waals surface area (Å²) in [6.45, 7) is 5.03. The fraction of sp³-hybridized carbons (Fsp3) is 0.846. The Morgan fingerprint density at radius 3 is 2.63 bits per heavy atom. The predicted octanol–water partition coefficient (Wildman–Crippen LogP) is 0.923. The zero-order valence-electron chi connectivity index (χ0n) is 12.1. The molecule has 6 heteroatoms. The number of hydrogen-bond acceptors (Lipinski definition) is 3. The first-order valence-corrected chi connectivity index (χ1v) is 6.75. The molecule has 1 saturated heterocycles. The third kappa shape index (κ3) is 7.38. The molecule has 0 aliphatic carbocycles. The first-order chi connectivity index (χ1) is 8.49. The molecule has 19 heavy (non-hydrogen) atoms. The van der Waals surface area contributed by atoms with Gasteiger partial charge in [-0.05, 0) is 39.7 Å². The Balaban J connectivity index is 0.00000324. The van der Waals surface area contributed by atoms with E-state index in [1.807, 2.05) is 13.8 Å². The predicted molar refractivity (Wildman–Crippen MR) is 78.4 cm³/mol. The van der Waals surface area contributed by atoms with Crippen LogP contribution in [0.3, 0.4) is 0 Å². The third-order valence-corrected chi connectivity index (χ3v) is 3.13. The number of nitrogens with one attached hydrogen (secondary N) is 2. The molecule has 1 rings (SSSR count). The first kappa shape index (κ1) is 18.2. The molecule has 0 saturated carbocycles. The number of nitrogens with zero attached hydrogens (tertiary/aromatic N) is 1. The number of halogens is 1. The van der Waals surface area contributed by atoms with Crippen molar-refractivity contribution in [3.8, 4) is 0 Å². The largest absolute Gasteiger partial charge is 0.352 e. The Morgan fingerprint density at radius 1 is 1.42 bits per heavy atom. The van der Waals surface area contributed by atoms with Crippen molar-refractivity contribution >= 4 is 24.2 Å². The fourth-order valence-electron chi connectivity index (χ4n) is 2.16. The van der Waals surface area contributed by atoms with Crippen molar-refractivity contribution in [1.29, 1.82) is 0 Å². The number of rotatable bonds is 6. The van der Waals surface area contributed by atoms with E-state index in [1.165, 1.54) is 11.3 Å². The second-order valence-electron chi connectivity index (χ2n) is 5.30. The molecule has 0 aromatic rings. The van der Waals surface area contributed by atoms with Gasteiger partial charge in [0.25, 0.3) is 0 Å². The maximum Gasteiger partial charge on any atom is 0.239 e. The van der Waals surface area contributed by atoms with Crippen LogP contribution >= 0.6 is 12.4 Å². The van der Waals surface area contributed by atoms with Crippen LogP contribution in [-0.2, 0) is 9.59 Å². The van der Waals surface area contributed by atoms with Crippen LogP contribution in [0.5, 0.6) is 0 Å². The molecule has 1 unspecified atom stereocenters. The van der Waals surface area contributed by atoms with Crippen molar-refractivity contribution in [3.05, 3.63) is 0 Å². The van der Waals surface area contributed by atoms with Gasteiger partial charge in [-0.15, -0.1) is 12.4 Å². The van der Waals surface area contributed by atoms with E-state index in [9.17, 15) is 9.59 Å². The lowest BCUT2D eigenvalue weighted by atomic mass is 10.1. The summed E-state index contributed by atoms with van der Waals surface area (Å²) in [5.41, 5.74) is 0. The van der Waals surface area contributed by atoms with Crippen LogP contribution in [0.15, 0.2) is 0 Å². The molecule has 0 bridgehead atoms.